The van der Waals surface area contributed by atoms with Gasteiger partial charge in [-0.2, -0.15) is 0 Å². The second-order valence-electron chi connectivity index (χ2n) is 6.10. The third-order valence-electron chi connectivity index (χ3n) is 4.28. The molecule has 1 fully saturated rings. The molecule has 1 saturated carbocycles. The molecule has 2 aromatic rings. The van der Waals surface area contributed by atoms with Gasteiger partial charge >= 0.3 is 0 Å². The van der Waals surface area contributed by atoms with Crippen LogP contribution in [0.3, 0.4) is 0 Å². The Balaban J connectivity index is 1.43. The van der Waals surface area contributed by atoms with Gasteiger partial charge in [0, 0.05) is 18.3 Å². The summed E-state index contributed by atoms with van der Waals surface area (Å²) in [5.41, 5.74) is 8.26. The summed E-state index contributed by atoms with van der Waals surface area (Å²) < 4.78 is 0. The molecule has 1 aliphatic rings. The first kappa shape index (κ1) is 16.0. The van der Waals surface area contributed by atoms with Crippen LogP contribution in [0.25, 0.3) is 0 Å². The summed E-state index contributed by atoms with van der Waals surface area (Å²) in [6.45, 7) is 1.51. The Morgan fingerprint density at radius 1 is 1.26 bits per heavy atom. The number of hydrogen-bond acceptors (Lipinski definition) is 3. The molecular formula is C18H24N4S. The predicted molar refractivity (Wildman–Crippen MR) is 96.6 cm³/mol. The van der Waals surface area contributed by atoms with Gasteiger partial charge in [0.15, 0.2) is 5.96 Å². The number of aryl methyl sites for hydroxylation is 2. The number of nitrogens with zero attached hydrogens (tertiary/aromatic N) is 2. The molecule has 0 spiro atoms. The van der Waals surface area contributed by atoms with E-state index < -0.39 is 0 Å². The molecule has 0 amide bonds. The number of nitrogens with one attached hydrogen (secondary N) is 1. The second-order valence-corrected chi connectivity index (χ2v) is 7.04. The van der Waals surface area contributed by atoms with E-state index in [9.17, 15) is 0 Å². The fourth-order valence-electron chi connectivity index (χ4n) is 2.60. The van der Waals surface area contributed by atoms with Crippen molar-refractivity contribution in [2.45, 2.75) is 38.6 Å². The van der Waals surface area contributed by atoms with E-state index in [0.29, 0.717) is 12.5 Å². The molecule has 0 bridgehead atoms. The van der Waals surface area contributed by atoms with Gasteiger partial charge in [0.05, 0.1) is 17.2 Å². The normalized spacial score (nSPS) is 15.4. The molecule has 4 nitrogen and oxygen atoms in total. The molecule has 3 rings (SSSR count). The van der Waals surface area contributed by atoms with E-state index in [1.807, 2.05) is 6.07 Å². The molecule has 0 atom stereocenters. The van der Waals surface area contributed by atoms with E-state index in [-0.39, 0.29) is 0 Å². The van der Waals surface area contributed by atoms with E-state index in [4.69, 9.17) is 5.73 Å². The van der Waals surface area contributed by atoms with Crippen LogP contribution in [0.1, 0.15) is 35.5 Å². The van der Waals surface area contributed by atoms with Gasteiger partial charge in [-0.3, -0.25) is 0 Å². The van der Waals surface area contributed by atoms with Crippen molar-refractivity contribution >= 4 is 17.3 Å². The van der Waals surface area contributed by atoms with Crippen molar-refractivity contribution < 1.29 is 0 Å². The lowest BCUT2D eigenvalue weighted by Crippen LogP contribution is -2.37. The van der Waals surface area contributed by atoms with Crippen LogP contribution in [-0.4, -0.2) is 17.5 Å². The maximum atomic E-state index is 5.90. The summed E-state index contributed by atoms with van der Waals surface area (Å²) in [6, 6.07) is 10.5. The van der Waals surface area contributed by atoms with Crippen molar-refractivity contribution in [3.05, 3.63) is 52.0 Å². The molecule has 1 aliphatic carbocycles. The van der Waals surface area contributed by atoms with Crippen LogP contribution in [0, 0.1) is 5.92 Å². The monoisotopic (exact) mass is 328 g/mol. The highest BCUT2D eigenvalue weighted by Crippen LogP contribution is 2.25. The molecule has 23 heavy (non-hydrogen) atoms. The lowest BCUT2D eigenvalue weighted by Gasteiger charge is -2.25. The Labute approximate surface area is 141 Å². The fourth-order valence-corrected chi connectivity index (χ4v) is 3.39. The highest BCUT2D eigenvalue weighted by molar-refractivity contribution is 7.09. The Morgan fingerprint density at radius 3 is 2.83 bits per heavy atom. The van der Waals surface area contributed by atoms with Crippen molar-refractivity contribution in [1.82, 2.24) is 10.3 Å². The molecule has 1 aromatic heterocycles. The van der Waals surface area contributed by atoms with Gasteiger partial charge in [-0.05, 0) is 30.7 Å². The summed E-state index contributed by atoms with van der Waals surface area (Å²) in [4.78, 5) is 9.03. The van der Waals surface area contributed by atoms with E-state index >= 15 is 0 Å². The van der Waals surface area contributed by atoms with Gasteiger partial charge in [0.25, 0.3) is 0 Å². The van der Waals surface area contributed by atoms with Gasteiger partial charge in [-0.15, -0.1) is 11.3 Å². The predicted octanol–water partition coefficient (Wildman–Crippen LogP) is 3.13. The third-order valence-corrected chi connectivity index (χ3v) is 5.24. The third kappa shape index (κ3) is 5.06. The molecular weight excluding hydrogens is 304 g/mol. The van der Waals surface area contributed by atoms with Crippen molar-refractivity contribution in [1.29, 1.82) is 0 Å². The van der Waals surface area contributed by atoms with Gasteiger partial charge in [0.2, 0.25) is 0 Å². The quantitative estimate of drug-likeness (QED) is 0.606. The van der Waals surface area contributed by atoms with E-state index in [1.54, 1.807) is 11.3 Å². The number of benzene rings is 1. The molecule has 1 aromatic carbocycles. The Hall–Kier alpha value is -1.88. The fraction of sp³-hybridized carbons (Fsp3) is 0.444. The van der Waals surface area contributed by atoms with Gasteiger partial charge < -0.3 is 11.1 Å². The first-order valence-electron chi connectivity index (χ1n) is 8.30. The number of aromatic nitrogens is 1. The van der Waals surface area contributed by atoms with E-state index in [1.165, 1.54) is 29.8 Å². The molecule has 1 heterocycles. The van der Waals surface area contributed by atoms with Gasteiger partial charge in [-0.25, -0.2) is 9.98 Å². The highest BCUT2D eigenvalue weighted by Gasteiger charge is 2.16. The number of guanidine groups is 1. The largest absolute Gasteiger partial charge is 0.370 e. The van der Waals surface area contributed by atoms with E-state index in [2.05, 4.69) is 44.9 Å². The summed E-state index contributed by atoms with van der Waals surface area (Å²) in [5, 5.41) is 6.46. The van der Waals surface area contributed by atoms with Crippen LogP contribution in [0.2, 0.25) is 0 Å². The summed E-state index contributed by atoms with van der Waals surface area (Å²) in [6.07, 6.45) is 6.00. The maximum absolute atomic E-state index is 5.90. The van der Waals surface area contributed by atoms with Crippen molar-refractivity contribution in [3.63, 3.8) is 0 Å². The average Bonchev–Trinajstić information content (AvgIpc) is 2.98. The second kappa shape index (κ2) is 8.11. The zero-order chi connectivity index (χ0) is 15.9. The smallest absolute Gasteiger partial charge is 0.188 e. The molecule has 0 aliphatic heterocycles. The number of hydrogen-bond donors (Lipinski definition) is 2. The Kier molecular flexibility index (Phi) is 5.64. The highest BCUT2D eigenvalue weighted by atomic mass is 32.1. The SMILES string of the molecule is NC(=NCc1csc(CCc2ccccc2)n1)NCC1CCC1. The minimum absolute atomic E-state index is 0.538. The van der Waals surface area contributed by atoms with E-state index in [0.717, 1.165) is 31.0 Å². The van der Waals surface area contributed by atoms with Crippen molar-refractivity contribution in [2.24, 2.45) is 16.6 Å². The first-order chi connectivity index (χ1) is 11.3. The number of thiazole rings is 1. The van der Waals surface area contributed by atoms with Crippen LogP contribution < -0.4 is 11.1 Å². The van der Waals surface area contributed by atoms with Crippen LogP contribution in [-0.2, 0) is 19.4 Å². The Bertz CT molecular complexity index is 631. The lowest BCUT2D eigenvalue weighted by molar-refractivity contribution is 0.315. The maximum Gasteiger partial charge on any atom is 0.188 e. The van der Waals surface area contributed by atoms with Crippen LogP contribution in [0.5, 0.6) is 0 Å². The number of aliphatic imine (C=N–C) groups is 1. The van der Waals surface area contributed by atoms with Crippen molar-refractivity contribution in [3.8, 4) is 0 Å². The van der Waals surface area contributed by atoms with Crippen molar-refractivity contribution in [2.75, 3.05) is 6.54 Å². The topological polar surface area (TPSA) is 63.3 Å². The molecule has 0 radical (unpaired) electrons. The molecule has 0 saturated heterocycles. The molecule has 3 N–H and O–H groups in total. The number of nitrogens with two attached hydrogens (primary N) is 1. The first-order valence-corrected chi connectivity index (χ1v) is 9.18. The summed E-state index contributed by atoms with van der Waals surface area (Å²) >= 11 is 1.71. The zero-order valence-corrected chi connectivity index (χ0v) is 14.2. The van der Waals surface area contributed by atoms with Gasteiger partial charge in [-0.1, -0.05) is 36.8 Å². The minimum Gasteiger partial charge on any atom is -0.370 e. The lowest BCUT2D eigenvalue weighted by atomic mass is 9.85. The molecule has 0 unspecified atom stereocenters. The minimum atomic E-state index is 0.538. The Morgan fingerprint density at radius 2 is 2.09 bits per heavy atom. The average molecular weight is 328 g/mol. The summed E-state index contributed by atoms with van der Waals surface area (Å²) in [7, 11) is 0. The molecule has 5 heteroatoms. The zero-order valence-electron chi connectivity index (χ0n) is 13.4. The standard InChI is InChI=1S/C18H24N4S/c19-18(20-11-15-7-4-8-15)21-12-16-13-23-17(22-16)10-9-14-5-2-1-3-6-14/h1-3,5-6,13,15H,4,7-12H2,(H3,19,20,21). The van der Waals surface area contributed by atoms with Gasteiger partial charge in [0.1, 0.15) is 0 Å². The van der Waals surface area contributed by atoms with Crippen LogP contribution >= 0.6 is 11.3 Å². The molecule has 122 valence electrons. The summed E-state index contributed by atoms with van der Waals surface area (Å²) in [5.74, 6) is 1.32. The van der Waals surface area contributed by atoms with Crippen LogP contribution in [0.4, 0.5) is 0 Å². The van der Waals surface area contributed by atoms with Crippen LogP contribution in [0.15, 0.2) is 40.7 Å². The number of rotatable bonds is 7.